The van der Waals surface area contributed by atoms with E-state index in [9.17, 15) is 0 Å². The fourth-order valence-electron chi connectivity index (χ4n) is 1.49. The van der Waals surface area contributed by atoms with E-state index in [0.717, 1.165) is 35.4 Å². The molecule has 0 aliphatic carbocycles. The summed E-state index contributed by atoms with van der Waals surface area (Å²) >= 11 is 3.35. The summed E-state index contributed by atoms with van der Waals surface area (Å²) < 4.78 is 8.00. The van der Waals surface area contributed by atoms with Crippen LogP contribution in [0.1, 0.15) is 24.8 Å². The Balaban J connectivity index is 1.89. The molecule has 2 aromatic heterocycles. The van der Waals surface area contributed by atoms with Crippen LogP contribution in [0.25, 0.3) is 0 Å². The molecule has 92 valence electrons. The minimum Gasteiger partial charge on any atom is -0.359 e. The molecule has 0 fully saturated rings. The van der Waals surface area contributed by atoms with Gasteiger partial charge in [0.15, 0.2) is 5.76 Å². The largest absolute Gasteiger partial charge is 0.359 e. The summed E-state index contributed by atoms with van der Waals surface area (Å²) in [6.07, 6.45) is 4.77. The van der Waals surface area contributed by atoms with Gasteiger partial charge in [0.25, 0.3) is 0 Å². The molecule has 1 N–H and O–H groups in total. The first-order valence-electron chi connectivity index (χ1n) is 5.61. The van der Waals surface area contributed by atoms with Gasteiger partial charge in [0.05, 0.1) is 16.4 Å². The molecule has 5 nitrogen and oxygen atoms in total. The standard InChI is InChI=1S/C11H15BrN4O/c1-2-3-13-6-10-4-11(17-15-10)8-16-7-9(12)5-14-16/h4-5,7,13H,2-3,6,8H2,1H3. The molecule has 0 atom stereocenters. The quantitative estimate of drug-likeness (QED) is 0.831. The van der Waals surface area contributed by atoms with Gasteiger partial charge < -0.3 is 9.84 Å². The second kappa shape index (κ2) is 5.97. The third-order valence-electron chi connectivity index (χ3n) is 2.26. The number of aromatic nitrogens is 3. The van der Waals surface area contributed by atoms with Crippen LogP contribution in [0, 0.1) is 0 Å². The van der Waals surface area contributed by atoms with Crippen molar-refractivity contribution in [2.45, 2.75) is 26.4 Å². The molecule has 0 aliphatic rings. The van der Waals surface area contributed by atoms with E-state index in [2.05, 4.69) is 38.4 Å². The highest BCUT2D eigenvalue weighted by molar-refractivity contribution is 9.10. The van der Waals surface area contributed by atoms with Crippen molar-refractivity contribution in [2.24, 2.45) is 0 Å². The Morgan fingerprint density at radius 2 is 2.41 bits per heavy atom. The first-order chi connectivity index (χ1) is 8.28. The van der Waals surface area contributed by atoms with E-state index in [1.54, 1.807) is 10.9 Å². The summed E-state index contributed by atoms with van der Waals surface area (Å²) in [6.45, 7) is 4.48. The first-order valence-corrected chi connectivity index (χ1v) is 6.40. The van der Waals surface area contributed by atoms with E-state index in [4.69, 9.17) is 4.52 Å². The molecule has 2 aromatic rings. The second-order valence-electron chi connectivity index (χ2n) is 3.82. The van der Waals surface area contributed by atoms with Gasteiger partial charge in [-0.3, -0.25) is 4.68 Å². The highest BCUT2D eigenvalue weighted by Crippen LogP contribution is 2.09. The smallest absolute Gasteiger partial charge is 0.158 e. The highest BCUT2D eigenvalue weighted by atomic mass is 79.9. The van der Waals surface area contributed by atoms with Crippen LogP contribution in [-0.2, 0) is 13.1 Å². The van der Waals surface area contributed by atoms with Crippen LogP contribution in [0.2, 0.25) is 0 Å². The number of hydrogen-bond acceptors (Lipinski definition) is 4. The second-order valence-corrected chi connectivity index (χ2v) is 4.73. The van der Waals surface area contributed by atoms with Crippen LogP contribution >= 0.6 is 15.9 Å². The molecular weight excluding hydrogens is 284 g/mol. The molecule has 6 heteroatoms. The zero-order valence-corrected chi connectivity index (χ0v) is 11.3. The Morgan fingerprint density at radius 3 is 3.12 bits per heavy atom. The number of halogens is 1. The number of nitrogens with one attached hydrogen (secondary N) is 1. The van der Waals surface area contributed by atoms with E-state index < -0.39 is 0 Å². The lowest BCUT2D eigenvalue weighted by molar-refractivity contribution is 0.364. The molecule has 0 saturated heterocycles. The van der Waals surface area contributed by atoms with Crippen LogP contribution in [-0.4, -0.2) is 21.5 Å². The van der Waals surface area contributed by atoms with Crippen molar-refractivity contribution in [1.29, 1.82) is 0 Å². The topological polar surface area (TPSA) is 55.9 Å². The van der Waals surface area contributed by atoms with Gasteiger partial charge in [0, 0.05) is 18.8 Å². The lowest BCUT2D eigenvalue weighted by Gasteiger charge is -1.96. The predicted molar refractivity (Wildman–Crippen MR) is 67.5 cm³/mol. The lowest BCUT2D eigenvalue weighted by atomic mass is 10.3. The summed E-state index contributed by atoms with van der Waals surface area (Å²) in [7, 11) is 0. The molecule has 0 amide bonds. The number of nitrogens with zero attached hydrogens (tertiary/aromatic N) is 3. The summed E-state index contributed by atoms with van der Waals surface area (Å²) in [6, 6.07) is 1.96. The third-order valence-corrected chi connectivity index (χ3v) is 2.67. The number of hydrogen-bond donors (Lipinski definition) is 1. The van der Waals surface area contributed by atoms with Gasteiger partial charge in [-0.05, 0) is 28.9 Å². The zero-order chi connectivity index (χ0) is 12.1. The van der Waals surface area contributed by atoms with Crippen molar-refractivity contribution < 1.29 is 4.52 Å². The molecule has 2 rings (SSSR count). The van der Waals surface area contributed by atoms with Crippen molar-refractivity contribution in [3.63, 3.8) is 0 Å². The van der Waals surface area contributed by atoms with Crippen molar-refractivity contribution in [1.82, 2.24) is 20.3 Å². The van der Waals surface area contributed by atoms with Crippen molar-refractivity contribution in [3.05, 3.63) is 34.4 Å². The van der Waals surface area contributed by atoms with Crippen LogP contribution in [0.3, 0.4) is 0 Å². The van der Waals surface area contributed by atoms with Gasteiger partial charge >= 0.3 is 0 Å². The normalized spacial score (nSPS) is 10.9. The molecule has 0 saturated carbocycles. The van der Waals surface area contributed by atoms with Crippen LogP contribution in [0.4, 0.5) is 0 Å². The Labute approximate surface area is 108 Å². The third kappa shape index (κ3) is 3.67. The lowest BCUT2D eigenvalue weighted by Crippen LogP contribution is -2.13. The van der Waals surface area contributed by atoms with E-state index in [-0.39, 0.29) is 0 Å². The Bertz CT molecular complexity index is 465. The van der Waals surface area contributed by atoms with Crippen molar-refractivity contribution in [2.75, 3.05) is 6.54 Å². The molecule has 0 spiro atoms. The van der Waals surface area contributed by atoms with Crippen molar-refractivity contribution >= 4 is 15.9 Å². The fraction of sp³-hybridized carbons (Fsp3) is 0.455. The minimum absolute atomic E-state index is 0.604. The van der Waals surface area contributed by atoms with Gasteiger partial charge in [0.2, 0.25) is 0 Å². The molecule has 0 bridgehead atoms. The summed E-state index contributed by atoms with van der Waals surface area (Å²) in [5.74, 6) is 0.814. The molecular formula is C11H15BrN4O. The van der Waals surface area contributed by atoms with Gasteiger partial charge in [-0.25, -0.2) is 0 Å². The van der Waals surface area contributed by atoms with Gasteiger partial charge in [-0.1, -0.05) is 12.1 Å². The van der Waals surface area contributed by atoms with Crippen molar-refractivity contribution in [3.8, 4) is 0 Å². The van der Waals surface area contributed by atoms with Crippen LogP contribution in [0.5, 0.6) is 0 Å². The van der Waals surface area contributed by atoms with E-state index >= 15 is 0 Å². The molecule has 0 aliphatic heterocycles. The van der Waals surface area contributed by atoms with Gasteiger partial charge in [-0.15, -0.1) is 0 Å². The summed E-state index contributed by atoms with van der Waals surface area (Å²) in [5.41, 5.74) is 0.930. The highest BCUT2D eigenvalue weighted by Gasteiger charge is 2.05. The maximum Gasteiger partial charge on any atom is 0.158 e. The van der Waals surface area contributed by atoms with Gasteiger partial charge in [-0.2, -0.15) is 5.10 Å². The Morgan fingerprint density at radius 1 is 1.53 bits per heavy atom. The van der Waals surface area contributed by atoms with E-state index in [1.807, 2.05) is 12.3 Å². The summed E-state index contributed by atoms with van der Waals surface area (Å²) in [5, 5.41) is 11.4. The molecule has 2 heterocycles. The average molecular weight is 299 g/mol. The molecule has 0 unspecified atom stereocenters. The fourth-order valence-corrected chi connectivity index (χ4v) is 1.82. The maximum atomic E-state index is 5.24. The minimum atomic E-state index is 0.604. The molecule has 0 radical (unpaired) electrons. The predicted octanol–water partition coefficient (Wildman–Crippen LogP) is 2.18. The Kier molecular flexibility index (Phi) is 4.33. The Hall–Kier alpha value is -1.14. The van der Waals surface area contributed by atoms with Crippen LogP contribution in [0.15, 0.2) is 27.5 Å². The first kappa shape index (κ1) is 12.3. The molecule has 0 aromatic carbocycles. The molecule has 17 heavy (non-hydrogen) atoms. The van der Waals surface area contributed by atoms with E-state index in [0.29, 0.717) is 6.54 Å². The summed E-state index contributed by atoms with van der Waals surface area (Å²) in [4.78, 5) is 0. The average Bonchev–Trinajstić information content (AvgIpc) is 2.90. The monoisotopic (exact) mass is 298 g/mol. The SMILES string of the molecule is CCCNCc1cc(Cn2cc(Br)cn2)on1. The van der Waals surface area contributed by atoms with E-state index in [1.165, 1.54) is 0 Å². The van der Waals surface area contributed by atoms with Crippen LogP contribution < -0.4 is 5.32 Å². The zero-order valence-electron chi connectivity index (χ0n) is 9.69. The number of rotatable bonds is 6. The maximum absolute atomic E-state index is 5.24. The van der Waals surface area contributed by atoms with Gasteiger partial charge in [0.1, 0.15) is 6.54 Å².